The Kier molecular flexibility index (Phi) is 5.00. The number of carbonyl (C=O) groups excluding carboxylic acids is 1. The molecule has 1 saturated carbocycles. The molecule has 1 amide bonds. The number of benzene rings is 1. The topological polar surface area (TPSA) is 41.1 Å². The minimum Gasteiger partial charge on any atom is -0.351 e. The summed E-state index contributed by atoms with van der Waals surface area (Å²) in [5, 5.41) is 6.63. The number of hydrogen-bond acceptors (Lipinski definition) is 2. The van der Waals surface area contributed by atoms with Crippen LogP contribution in [0.4, 0.5) is 4.39 Å². The molecule has 1 saturated heterocycles. The van der Waals surface area contributed by atoms with Gasteiger partial charge in [0.05, 0.1) is 5.41 Å². The SMILES string of the molecule is CC1CCNCC1NC(=O)C1(c2cccc(F)c2)CCCCC1. The van der Waals surface area contributed by atoms with Gasteiger partial charge in [0.1, 0.15) is 5.82 Å². The third-order valence-electron chi connectivity index (χ3n) is 5.66. The summed E-state index contributed by atoms with van der Waals surface area (Å²) in [4.78, 5) is 13.2. The van der Waals surface area contributed by atoms with Gasteiger partial charge in [-0.05, 0) is 49.4 Å². The van der Waals surface area contributed by atoms with Crippen molar-refractivity contribution in [2.24, 2.45) is 5.92 Å². The lowest BCUT2D eigenvalue weighted by molar-refractivity contribution is -0.129. The molecule has 2 aliphatic rings. The lowest BCUT2D eigenvalue weighted by Gasteiger charge is -2.39. The predicted molar refractivity (Wildman–Crippen MR) is 89.7 cm³/mol. The normalized spacial score (nSPS) is 27.4. The van der Waals surface area contributed by atoms with Crippen molar-refractivity contribution in [2.45, 2.75) is 56.9 Å². The second kappa shape index (κ2) is 7.00. The summed E-state index contributed by atoms with van der Waals surface area (Å²) in [6.45, 7) is 4.04. The Hall–Kier alpha value is -1.42. The second-order valence-electron chi connectivity index (χ2n) is 7.20. The Morgan fingerprint density at radius 2 is 2.09 bits per heavy atom. The molecule has 3 nitrogen and oxygen atoms in total. The molecule has 0 radical (unpaired) electrons. The van der Waals surface area contributed by atoms with Gasteiger partial charge in [0.2, 0.25) is 5.91 Å². The lowest BCUT2D eigenvalue weighted by Crippen LogP contribution is -2.55. The number of nitrogens with one attached hydrogen (secondary N) is 2. The number of rotatable bonds is 3. The van der Waals surface area contributed by atoms with E-state index < -0.39 is 5.41 Å². The summed E-state index contributed by atoms with van der Waals surface area (Å²) >= 11 is 0. The van der Waals surface area contributed by atoms with Crippen molar-refractivity contribution < 1.29 is 9.18 Å². The first-order chi connectivity index (χ1) is 11.1. The Morgan fingerprint density at radius 1 is 1.30 bits per heavy atom. The van der Waals surface area contributed by atoms with Gasteiger partial charge in [0, 0.05) is 12.6 Å². The van der Waals surface area contributed by atoms with Crippen molar-refractivity contribution in [1.29, 1.82) is 0 Å². The number of piperidine rings is 1. The molecule has 1 aromatic carbocycles. The van der Waals surface area contributed by atoms with E-state index in [1.165, 1.54) is 6.07 Å². The zero-order valence-corrected chi connectivity index (χ0v) is 13.9. The first-order valence-electron chi connectivity index (χ1n) is 8.89. The molecule has 126 valence electrons. The summed E-state index contributed by atoms with van der Waals surface area (Å²) in [6.07, 6.45) is 5.93. The number of hydrogen-bond donors (Lipinski definition) is 2. The third kappa shape index (κ3) is 3.42. The fraction of sp³-hybridized carbons (Fsp3) is 0.632. The number of halogens is 1. The van der Waals surface area contributed by atoms with Crippen LogP contribution in [0.3, 0.4) is 0 Å². The summed E-state index contributed by atoms with van der Waals surface area (Å²) < 4.78 is 13.7. The zero-order chi connectivity index (χ0) is 16.3. The molecule has 3 rings (SSSR count). The van der Waals surface area contributed by atoms with E-state index in [2.05, 4.69) is 17.6 Å². The van der Waals surface area contributed by atoms with Gasteiger partial charge in [-0.1, -0.05) is 38.3 Å². The molecule has 1 aliphatic heterocycles. The van der Waals surface area contributed by atoms with Gasteiger partial charge in [0.25, 0.3) is 0 Å². The maximum Gasteiger partial charge on any atom is 0.230 e. The minimum absolute atomic E-state index is 0.0864. The van der Waals surface area contributed by atoms with Crippen LogP contribution in [0.2, 0.25) is 0 Å². The molecular weight excluding hydrogens is 291 g/mol. The van der Waals surface area contributed by atoms with Gasteiger partial charge in [-0.2, -0.15) is 0 Å². The first kappa shape index (κ1) is 16.4. The lowest BCUT2D eigenvalue weighted by atomic mass is 9.68. The van der Waals surface area contributed by atoms with E-state index >= 15 is 0 Å². The summed E-state index contributed by atoms with van der Waals surface area (Å²) in [5.41, 5.74) is 0.281. The molecular formula is C19H27FN2O. The molecule has 2 atom stereocenters. The van der Waals surface area contributed by atoms with E-state index in [1.807, 2.05) is 6.07 Å². The van der Waals surface area contributed by atoms with Crippen molar-refractivity contribution >= 4 is 5.91 Å². The fourth-order valence-corrected chi connectivity index (χ4v) is 4.08. The van der Waals surface area contributed by atoms with Gasteiger partial charge in [0.15, 0.2) is 0 Å². The van der Waals surface area contributed by atoms with Crippen molar-refractivity contribution in [3.63, 3.8) is 0 Å². The average Bonchev–Trinajstić information content (AvgIpc) is 2.57. The molecule has 1 aromatic rings. The standard InChI is InChI=1S/C19H27FN2O/c1-14-8-11-21-13-17(14)22-18(23)19(9-3-2-4-10-19)15-6-5-7-16(20)12-15/h5-7,12,14,17,21H,2-4,8-11,13H2,1H3,(H,22,23). The van der Waals surface area contributed by atoms with Crippen LogP contribution >= 0.6 is 0 Å². The van der Waals surface area contributed by atoms with Crippen LogP contribution in [0.15, 0.2) is 24.3 Å². The maximum atomic E-state index is 13.7. The molecule has 1 heterocycles. The van der Waals surface area contributed by atoms with Crippen molar-refractivity contribution in [3.05, 3.63) is 35.6 Å². The maximum absolute atomic E-state index is 13.7. The molecule has 4 heteroatoms. The van der Waals surface area contributed by atoms with Crippen LogP contribution in [0.1, 0.15) is 51.0 Å². The van der Waals surface area contributed by atoms with Gasteiger partial charge >= 0.3 is 0 Å². The van der Waals surface area contributed by atoms with Crippen LogP contribution in [0.25, 0.3) is 0 Å². The Morgan fingerprint density at radius 3 is 2.78 bits per heavy atom. The van der Waals surface area contributed by atoms with E-state index in [4.69, 9.17) is 0 Å². The highest BCUT2D eigenvalue weighted by Crippen LogP contribution is 2.40. The minimum atomic E-state index is -0.558. The van der Waals surface area contributed by atoms with E-state index in [-0.39, 0.29) is 17.8 Å². The highest BCUT2D eigenvalue weighted by Gasteiger charge is 2.42. The molecule has 0 spiro atoms. The van der Waals surface area contributed by atoms with E-state index in [0.717, 1.165) is 57.2 Å². The van der Waals surface area contributed by atoms with Crippen LogP contribution < -0.4 is 10.6 Å². The highest BCUT2D eigenvalue weighted by molar-refractivity contribution is 5.88. The molecule has 0 aromatic heterocycles. The first-order valence-corrected chi connectivity index (χ1v) is 8.89. The predicted octanol–water partition coefficient (Wildman–Crippen LogP) is 3.14. The third-order valence-corrected chi connectivity index (χ3v) is 5.66. The summed E-state index contributed by atoms with van der Waals surface area (Å²) in [6, 6.07) is 6.80. The van der Waals surface area contributed by atoms with Crippen LogP contribution in [0, 0.1) is 11.7 Å². The van der Waals surface area contributed by atoms with Gasteiger partial charge < -0.3 is 10.6 Å². The van der Waals surface area contributed by atoms with E-state index in [1.54, 1.807) is 12.1 Å². The quantitative estimate of drug-likeness (QED) is 0.899. The summed E-state index contributed by atoms with van der Waals surface area (Å²) in [5.74, 6) is 0.310. The van der Waals surface area contributed by atoms with Crippen LogP contribution in [0.5, 0.6) is 0 Å². The molecule has 2 fully saturated rings. The Labute approximate surface area is 138 Å². The second-order valence-corrected chi connectivity index (χ2v) is 7.20. The number of carbonyl (C=O) groups is 1. The van der Waals surface area contributed by atoms with E-state index in [0.29, 0.717) is 5.92 Å². The van der Waals surface area contributed by atoms with Gasteiger partial charge in [-0.25, -0.2) is 4.39 Å². The Bertz CT molecular complexity index is 554. The number of amides is 1. The molecule has 1 aliphatic carbocycles. The van der Waals surface area contributed by atoms with Crippen molar-refractivity contribution in [1.82, 2.24) is 10.6 Å². The molecule has 2 unspecified atom stereocenters. The monoisotopic (exact) mass is 318 g/mol. The summed E-state index contributed by atoms with van der Waals surface area (Å²) in [7, 11) is 0. The van der Waals surface area contributed by atoms with Crippen molar-refractivity contribution in [3.8, 4) is 0 Å². The largest absolute Gasteiger partial charge is 0.351 e. The van der Waals surface area contributed by atoms with E-state index in [9.17, 15) is 9.18 Å². The fourth-order valence-electron chi connectivity index (χ4n) is 4.08. The van der Waals surface area contributed by atoms with Gasteiger partial charge in [-0.15, -0.1) is 0 Å². The molecule has 0 bridgehead atoms. The van der Waals surface area contributed by atoms with Gasteiger partial charge in [-0.3, -0.25) is 4.79 Å². The molecule has 2 N–H and O–H groups in total. The highest BCUT2D eigenvalue weighted by atomic mass is 19.1. The van der Waals surface area contributed by atoms with Crippen LogP contribution in [-0.4, -0.2) is 25.0 Å². The molecule has 23 heavy (non-hydrogen) atoms. The zero-order valence-electron chi connectivity index (χ0n) is 13.9. The van der Waals surface area contributed by atoms with Crippen molar-refractivity contribution in [2.75, 3.05) is 13.1 Å². The Balaban J connectivity index is 1.84. The smallest absolute Gasteiger partial charge is 0.230 e. The average molecular weight is 318 g/mol. The van der Waals surface area contributed by atoms with Crippen LogP contribution in [-0.2, 0) is 10.2 Å².